The maximum Gasteiger partial charge on any atom is 0.345 e. The average Bonchev–Trinajstić information content (AvgIpc) is 2.81. The Labute approximate surface area is 128 Å². The molecule has 120 valence electrons. The smallest absolute Gasteiger partial charge is 0.345 e. The molecule has 0 amide bonds. The Balaban J connectivity index is 3.11. The van der Waals surface area contributed by atoms with E-state index in [9.17, 15) is 13.2 Å². The van der Waals surface area contributed by atoms with Gasteiger partial charge >= 0.3 is 5.97 Å². The number of methoxy groups -OCH3 is 2. The predicted molar refractivity (Wildman–Crippen MR) is 78.5 cm³/mol. The molecule has 0 bridgehead atoms. The molecular formula is C12H19NO6S2. The SMILES string of the molecule is COCCN(CCOC)S(=O)(=O)c1cc(C(=O)O)sc1C. The van der Waals surface area contributed by atoms with Gasteiger partial charge in [0.2, 0.25) is 10.0 Å². The van der Waals surface area contributed by atoms with Crippen LogP contribution in [0.1, 0.15) is 14.5 Å². The number of aryl methyl sites for hydroxylation is 1. The van der Waals surface area contributed by atoms with Crippen LogP contribution in [0.15, 0.2) is 11.0 Å². The van der Waals surface area contributed by atoms with E-state index in [1.165, 1.54) is 24.6 Å². The Morgan fingerprint density at radius 2 is 1.81 bits per heavy atom. The number of thiophene rings is 1. The van der Waals surface area contributed by atoms with Crippen LogP contribution in [0.2, 0.25) is 0 Å². The summed E-state index contributed by atoms with van der Waals surface area (Å²) < 4.78 is 36.3. The lowest BCUT2D eigenvalue weighted by Crippen LogP contribution is -2.36. The molecule has 0 aliphatic rings. The van der Waals surface area contributed by atoms with Crippen molar-refractivity contribution >= 4 is 27.3 Å². The van der Waals surface area contributed by atoms with Crippen LogP contribution in [-0.2, 0) is 19.5 Å². The summed E-state index contributed by atoms with van der Waals surface area (Å²) in [6.45, 7) is 2.45. The molecule has 9 heteroatoms. The highest BCUT2D eigenvalue weighted by molar-refractivity contribution is 7.89. The van der Waals surface area contributed by atoms with E-state index >= 15 is 0 Å². The number of carboxylic acids is 1. The zero-order valence-electron chi connectivity index (χ0n) is 12.2. The van der Waals surface area contributed by atoms with Gasteiger partial charge in [0, 0.05) is 32.2 Å². The molecule has 1 aromatic rings. The molecular weight excluding hydrogens is 318 g/mol. The lowest BCUT2D eigenvalue weighted by Gasteiger charge is -2.21. The Morgan fingerprint density at radius 1 is 1.29 bits per heavy atom. The molecule has 1 heterocycles. The molecule has 21 heavy (non-hydrogen) atoms. The third kappa shape index (κ3) is 4.48. The van der Waals surface area contributed by atoms with Crippen LogP contribution in [0.5, 0.6) is 0 Å². The minimum atomic E-state index is -3.77. The summed E-state index contributed by atoms with van der Waals surface area (Å²) in [5.41, 5.74) is 0. The van der Waals surface area contributed by atoms with E-state index in [0.29, 0.717) is 4.88 Å². The highest BCUT2D eigenvalue weighted by atomic mass is 32.2. The van der Waals surface area contributed by atoms with Crippen molar-refractivity contribution in [1.82, 2.24) is 4.31 Å². The van der Waals surface area contributed by atoms with Gasteiger partial charge in [0.25, 0.3) is 0 Å². The molecule has 1 N–H and O–H groups in total. The van der Waals surface area contributed by atoms with Crippen LogP contribution in [0.25, 0.3) is 0 Å². The van der Waals surface area contributed by atoms with Gasteiger partial charge in [-0.2, -0.15) is 4.31 Å². The lowest BCUT2D eigenvalue weighted by molar-refractivity contribution is 0.0702. The second-order valence-corrected chi connectivity index (χ2v) is 7.39. The number of carbonyl (C=O) groups is 1. The van der Waals surface area contributed by atoms with Crippen molar-refractivity contribution in [3.05, 3.63) is 15.8 Å². The molecule has 0 spiro atoms. The van der Waals surface area contributed by atoms with Gasteiger partial charge in [-0.15, -0.1) is 11.3 Å². The van der Waals surface area contributed by atoms with Gasteiger partial charge in [-0.25, -0.2) is 13.2 Å². The third-order valence-electron chi connectivity index (χ3n) is 2.79. The summed E-state index contributed by atoms with van der Waals surface area (Å²) in [5, 5.41) is 8.97. The minimum Gasteiger partial charge on any atom is -0.477 e. The van der Waals surface area contributed by atoms with Crippen LogP contribution in [0, 0.1) is 6.92 Å². The van der Waals surface area contributed by atoms with Gasteiger partial charge in [-0.3, -0.25) is 0 Å². The van der Waals surface area contributed by atoms with E-state index < -0.39 is 16.0 Å². The minimum absolute atomic E-state index is 0.00417. The van der Waals surface area contributed by atoms with Gasteiger partial charge in [-0.1, -0.05) is 0 Å². The molecule has 0 atom stereocenters. The monoisotopic (exact) mass is 337 g/mol. The van der Waals surface area contributed by atoms with Crippen molar-refractivity contribution < 1.29 is 27.8 Å². The highest BCUT2D eigenvalue weighted by Gasteiger charge is 2.28. The Hall–Kier alpha value is -1.00. The van der Waals surface area contributed by atoms with Gasteiger partial charge < -0.3 is 14.6 Å². The first-order valence-electron chi connectivity index (χ1n) is 6.16. The van der Waals surface area contributed by atoms with Crippen LogP contribution < -0.4 is 0 Å². The number of rotatable bonds is 9. The number of aromatic carboxylic acids is 1. The van der Waals surface area contributed by atoms with Crippen molar-refractivity contribution in [2.45, 2.75) is 11.8 Å². The van der Waals surface area contributed by atoms with Gasteiger partial charge in [0.15, 0.2) is 0 Å². The first kappa shape index (κ1) is 18.1. The van der Waals surface area contributed by atoms with Gasteiger partial charge in [0.1, 0.15) is 4.88 Å². The number of nitrogens with zero attached hydrogens (tertiary/aromatic N) is 1. The molecule has 1 rings (SSSR count). The van der Waals surface area contributed by atoms with Crippen LogP contribution >= 0.6 is 11.3 Å². The van der Waals surface area contributed by atoms with E-state index in [0.717, 1.165) is 11.3 Å². The summed E-state index contributed by atoms with van der Waals surface area (Å²) >= 11 is 0.947. The molecule has 0 aromatic carbocycles. The number of ether oxygens (including phenoxy) is 2. The largest absolute Gasteiger partial charge is 0.477 e. The van der Waals surface area contributed by atoms with Gasteiger partial charge in [0.05, 0.1) is 18.1 Å². The van der Waals surface area contributed by atoms with Crippen LogP contribution in [-0.4, -0.2) is 64.3 Å². The summed E-state index contributed by atoms with van der Waals surface area (Å²) in [4.78, 5) is 11.4. The quantitative estimate of drug-likeness (QED) is 0.724. The topological polar surface area (TPSA) is 93.1 Å². The van der Waals surface area contributed by atoms with Crippen molar-refractivity contribution in [1.29, 1.82) is 0 Å². The number of hydrogen-bond donors (Lipinski definition) is 1. The van der Waals surface area contributed by atoms with Crippen molar-refractivity contribution in [3.8, 4) is 0 Å². The van der Waals surface area contributed by atoms with E-state index in [-0.39, 0.29) is 36.1 Å². The Kier molecular flexibility index (Phi) is 6.75. The molecule has 0 saturated carbocycles. The maximum atomic E-state index is 12.6. The van der Waals surface area contributed by atoms with Crippen molar-refractivity contribution in [2.24, 2.45) is 0 Å². The average molecular weight is 337 g/mol. The Bertz CT molecular complexity index is 573. The predicted octanol–water partition coefficient (Wildman–Crippen LogP) is 1.04. The molecule has 0 aliphatic heterocycles. The molecule has 0 radical (unpaired) electrons. The van der Waals surface area contributed by atoms with Crippen molar-refractivity contribution in [2.75, 3.05) is 40.5 Å². The van der Waals surface area contributed by atoms with Crippen LogP contribution in [0.3, 0.4) is 0 Å². The summed E-state index contributed by atoms with van der Waals surface area (Å²) in [6, 6.07) is 1.20. The summed E-state index contributed by atoms with van der Waals surface area (Å²) in [7, 11) is -0.797. The fourth-order valence-corrected chi connectivity index (χ4v) is 4.51. The normalized spacial score (nSPS) is 12.0. The van der Waals surface area contributed by atoms with E-state index in [2.05, 4.69) is 0 Å². The second-order valence-electron chi connectivity index (χ2n) is 4.23. The number of carboxylic acid groups (broad SMARTS) is 1. The molecule has 1 aromatic heterocycles. The molecule has 0 aliphatic carbocycles. The zero-order valence-corrected chi connectivity index (χ0v) is 13.8. The fraction of sp³-hybridized carbons (Fsp3) is 0.583. The number of sulfonamides is 1. The Morgan fingerprint density at radius 3 is 2.19 bits per heavy atom. The van der Waals surface area contributed by atoms with Gasteiger partial charge in [-0.05, 0) is 13.0 Å². The zero-order chi connectivity index (χ0) is 16.0. The standard InChI is InChI=1S/C12H19NO6S2/c1-9-11(8-10(20-9)12(14)15)21(16,17)13(4-6-18-2)5-7-19-3/h8H,4-7H2,1-3H3,(H,14,15). The van der Waals surface area contributed by atoms with Crippen molar-refractivity contribution in [3.63, 3.8) is 0 Å². The van der Waals surface area contributed by atoms with Crippen LogP contribution in [0.4, 0.5) is 0 Å². The molecule has 0 unspecified atom stereocenters. The lowest BCUT2D eigenvalue weighted by atomic mass is 10.4. The summed E-state index contributed by atoms with van der Waals surface area (Å²) in [5.74, 6) is -1.13. The second kappa shape index (κ2) is 7.85. The number of hydrogen-bond acceptors (Lipinski definition) is 6. The first-order valence-corrected chi connectivity index (χ1v) is 8.42. The third-order valence-corrected chi connectivity index (χ3v) is 5.98. The molecule has 0 fully saturated rings. The maximum absolute atomic E-state index is 12.6. The molecule has 7 nitrogen and oxygen atoms in total. The first-order chi connectivity index (χ1) is 9.84. The fourth-order valence-electron chi connectivity index (χ4n) is 1.70. The van der Waals surface area contributed by atoms with E-state index in [4.69, 9.17) is 14.6 Å². The van der Waals surface area contributed by atoms with E-state index in [1.54, 1.807) is 6.92 Å². The summed E-state index contributed by atoms with van der Waals surface area (Å²) in [6.07, 6.45) is 0. The van der Waals surface area contributed by atoms with E-state index in [1.807, 2.05) is 0 Å². The highest BCUT2D eigenvalue weighted by Crippen LogP contribution is 2.28. The molecule has 0 saturated heterocycles.